The molecule has 0 heterocycles. The van der Waals surface area contributed by atoms with Gasteiger partial charge in [-0.1, -0.05) is 33.8 Å². The van der Waals surface area contributed by atoms with Crippen LogP contribution < -0.4 is 5.32 Å². The molecule has 4 fully saturated rings. The number of carbonyl (C=O) groups is 3. The molecule has 0 aromatic heterocycles. The molecule has 8 heteroatoms. The highest BCUT2D eigenvalue weighted by atomic mass is 32.2. The second-order valence-electron chi connectivity index (χ2n) is 13.0. The summed E-state index contributed by atoms with van der Waals surface area (Å²) in [5.74, 6) is -0.0270. The van der Waals surface area contributed by atoms with Gasteiger partial charge in [-0.15, -0.1) is 18.3 Å². The minimum atomic E-state index is -0.658. The van der Waals surface area contributed by atoms with Crippen LogP contribution in [0.25, 0.3) is 0 Å². The van der Waals surface area contributed by atoms with Gasteiger partial charge in [0.2, 0.25) is 0 Å². The summed E-state index contributed by atoms with van der Waals surface area (Å²) in [7, 11) is 1.38. The molecule has 4 rings (SSSR count). The van der Waals surface area contributed by atoms with E-state index in [0.717, 1.165) is 38.5 Å². The van der Waals surface area contributed by atoms with Crippen molar-refractivity contribution in [3.05, 3.63) is 12.7 Å². The first-order valence-electron chi connectivity index (χ1n) is 14.4. The zero-order valence-electron chi connectivity index (χ0n) is 23.8. The number of nitrogens with one attached hydrogen (secondary N) is 1. The van der Waals surface area contributed by atoms with E-state index in [1.165, 1.54) is 7.11 Å². The van der Waals surface area contributed by atoms with Crippen LogP contribution in [0, 0.1) is 34.0 Å². The molecule has 0 aliphatic heterocycles. The summed E-state index contributed by atoms with van der Waals surface area (Å²) in [6.07, 6.45) is 7.23. The predicted octanol–water partition coefficient (Wildman–Crippen LogP) is 4.31. The molecule has 10 atom stereocenters. The van der Waals surface area contributed by atoms with Crippen LogP contribution in [0.5, 0.6) is 0 Å². The Balaban J connectivity index is 1.50. The number of hydrogen-bond acceptors (Lipinski definition) is 8. The molecule has 4 aliphatic rings. The largest absolute Gasteiger partial charge is 0.468 e. The van der Waals surface area contributed by atoms with Crippen LogP contribution in [0.15, 0.2) is 12.7 Å². The first-order chi connectivity index (χ1) is 17.9. The summed E-state index contributed by atoms with van der Waals surface area (Å²) in [5, 5.41) is 15.2. The van der Waals surface area contributed by atoms with Crippen molar-refractivity contribution in [2.45, 2.75) is 103 Å². The smallest absolute Gasteiger partial charge is 0.319 e. The average Bonchev–Trinajstić information content (AvgIpc) is 3.51. The lowest BCUT2D eigenvalue weighted by molar-refractivity contribution is -0.205. The molecule has 0 saturated heterocycles. The fraction of sp³-hybridized carbons (Fsp3) is 0.833. The zero-order chi connectivity index (χ0) is 27.9. The minimum absolute atomic E-state index is 0.0379. The fourth-order valence-electron chi connectivity index (χ4n) is 8.46. The van der Waals surface area contributed by atoms with E-state index in [1.54, 1.807) is 11.8 Å². The van der Waals surface area contributed by atoms with Gasteiger partial charge in [0.05, 0.1) is 25.5 Å². The lowest BCUT2D eigenvalue weighted by atomic mass is 9.44. The third-order valence-corrected chi connectivity index (χ3v) is 12.5. The first kappa shape index (κ1) is 29.6. The molecule has 4 aliphatic carbocycles. The van der Waals surface area contributed by atoms with Crippen molar-refractivity contribution >= 4 is 29.5 Å². The molecule has 38 heavy (non-hydrogen) atoms. The van der Waals surface area contributed by atoms with Gasteiger partial charge in [0.25, 0.3) is 0 Å². The van der Waals surface area contributed by atoms with Crippen molar-refractivity contribution in [2.75, 3.05) is 19.4 Å². The number of aliphatic hydroxyl groups is 1. The molecule has 2 N–H and O–H groups in total. The Kier molecular flexibility index (Phi) is 8.76. The molecule has 7 nitrogen and oxygen atoms in total. The van der Waals surface area contributed by atoms with Gasteiger partial charge in [-0.2, -0.15) is 0 Å². The van der Waals surface area contributed by atoms with Gasteiger partial charge in [0.1, 0.15) is 11.9 Å². The predicted molar refractivity (Wildman–Crippen MR) is 149 cm³/mol. The van der Waals surface area contributed by atoms with E-state index in [4.69, 9.17) is 9.47 Å². The Bertz CT molecular complexity index is 942. The summed E-state index contributed by atoms with van der Waals surface area (Å²) in [5.41, 5.74) is -1.37. The van der Waals surface area contributed by atoms with Crippen molar-refractivity contribution in [1.29, 1.82) is 0 Å². The third-order valence-electron chi connectivity index (χ3n) is 11.2. The van der Waals surface area contributed by atoms with E-state index < -0.39 is 23.0 Å². The Labute approximate surface area is 232 Å². The SMILES string of the molecule is C=C[C@]1(C)C[C@@H](OC(=O)CSC2CCC(NCC(=O)OC)C2)[C@]2(C)[C@H](C)CCC3(CCC(=O)[C@H]32)[C@@H](C)[C@@H]1O. The second-order valence-corrected chi connectivity index (χ2v) is 14.3. The normalized spacial score (nSPS) is 44.6. The van der Waals surface area contributed by atoms with Gasteiger partial charge >= 0.3 is 11.9 Å². The van der Waals surface area contributed by atoms with E-state index >= 15 is 0 Å². The number of ketones is 1. The van der Waals surface area contributed by atoms with Gasteiger partial charge in [-0.05, 0) is 62.2 Å². The van der Waals surface area contributed by atoms with Crippen LogP contribution in [0.2, 0.25) is 0 Å². The molecule has 0 amide bonds. The van der Waals surface area contributed by atoms with E-state index in [0.29, 0.717) is 18.1 Å². The minimum Gasteiger partial charge on any atom is -0.468 e. The molecule has 214 valence electrons. The lowest BCUT2D eigenvalue weighted by Gasteiger charge is -2.61. The number of methoxy groups -OCH3 is 1. The van der Waals surface area contributed by atoms with Crippen molar-refractivity contribution in [3.63, 3.8) is 0 Å². The molecule has 0 radical (unpaired) electrons. The van der Waals surface area contributed by atoms with Gasteiger partial charge in [0.15, 0.2) is 0 Å². The van der Waals surface area contributed by atoms with Crippen LogP contribution >= 0.6 is 11.8 Å². The highest BCUT2D eigenvalue weighted by Gasteiger charge is 2.68. The number of rotatable bonds is 8. The molecular formula is C30H47NO6S. The van der Waals surface area contributed by atoms with Crippen LogP contribution in [-0.4, -0.2) is 65.7 Å². The molecule has 4 saturated carbocycles. The van der Waals surface area contributed by atoms with E-state index in [2.05, 4.69) is 32.7 Å². The monoisotopic (exact) mass is 549 g/mol. The number of esters is 2. The number of carbonyl (C=O) groups excluding carboxylic acids is 3. The summed E-state index contributed by atoms with van der Waals surface area (Å²) >= 11 is 1.61. The van der Waals surface area contributed by atoms with E-state index in [-0.39, 0.29) is 59.2 Å². The van der Waals surface area contributed by atoms with Gasteiger partial charge in [-0.3, -0.25) is 14.4 Å². The number of thioether (sulfide) groups is 1. The Morgan fingerprint density at radius 1 is 1.18 bits per heavy atom. The molecule has 0 aromatic rings. The Morgan fingerprint density at radius 2 is 1.92 bits per heavy atom. The van der Waals surface area contributed by atoms with Gasteiger partial charge in [-0.25, -0.2) is 0 Å². The van der Waals surface area contributed by atoms with Gasteiger partial charge < -0.3 is 19.9 Å². The summed E-state index contributed by atoms with van der Waals surface area (Å²) in [6.45, 7) is 12.8. The van der Waals surface area contributed by atoms with Crippen molar-refractivity contribution < 1.29 is 29.0 Å². The highest BCUT2D eigenvalue weighted by Crippen LogP contribution is 2.68. The molecule has 3 unspecified atom stereocenters. The lowest BCUT2D eigenvalue weighted by Crippen LogP contribution is -2.63. The Hall–Kier alpha value is -1.38. The zero-order valence-corrected chi connectivity index (χ0v) is 24.6. The maximum Gasteiger partial charge on any atom is 0.319 e. The van der Waals surface area contributed by atoms with Crippen LogP contribution in [0.1, 0.15) is 79.1 Å². The first-order valence-corrected chi connectivity index (χ1v) is 15.4. The van der Waals surface area contributed by atoms with E-state index in [9.17, 15) is 19.5 Å². The second kappa shape index (κ2) is 11.2. The van der Waals surface area contributed by atoms with Crippen LogP contribution in [0.4, 0.5) is 0 Å². The molecular weight excluding hydrogens is 502 g/mol. The standard InChI is InChI=1S/C30H47NO6S/c1-7-28(4)15-23(37-25(34)17-38-21-9-8-20(14-21)31-16-24(33)36-6)29(5)18(2)10-12-30(19(3)27(28)35)13-11-22(32)26(29)30/h7,18-21,23,26-27,31,35H,1,8-17H2,2-6H3/t18-,19+,20?,21?,23-,26+,27+,28-,29+,30?/m1/s1. The maximum absolute atomic E-state index is 13.5. The van der Waals surface area contributed by atoms with Crippen molar-refractivity contribution in [1.82, 2.24) is 5.32 Å². The quantitative estimate of drug-likeness (QED) is 0.341. The number of aliphatic hydroxyl groups excluding tert-OH is 1. The van der Waals surface area contributed by atoms with E-state index in [1.807, 2.05) is 13.0 Å². The Morgan fingerprint density at radius 3 is 2.61 bits per heavy atom. The topological polar surface area (TPSA) is 102 Å². The fourth-order valence-corrected chi connectivity index (χ4v) is 9.57. The van der Waals surface area contributed by atoms with Gasteiger partial charge in [0, 0.05) is 34.5 Å². The molecule has 2 bridgehead atoms. The summed E-state index contributed by atoms with van der Waals surface area (Å²) in [6, 6.07) is 0.244. The van der Waals surface area contributed by atoms with Crippen LogP contribution in [0.3, 0.4) is 0 Å². The highest BCUT2D eigenvalue weighted by molar-refractivity contribution is 8.00. The average molecular weight is 550 g/mol. The summed E-state index contributed by atoms with van der Waals surface area (Å²) in [4.78, 5) is 38.3. The van der Waals surface area contributed by atoms with Crippen molar-refractivity contribution in [2.24, 2.45) is 34.0 Å². The van der Waals surface area contributed by atoms with Crippen LogP contribution in [-0.2, 0) is 23.9 Å². The summed E-state index contributed by atoms with van der Waals surface area (Å²) < 4.78 is 11.1. The number of hydrogen-bond donors (Lipinski definition) is 2. The van der Waals surface area contributed by atoms with Crippen molar-refractivity contribution in [3.8, 4) is 0 Å². The molecule has 0 aromatic carbocycles. The maximum atomic E-state index is 13.5. The number of Topliss-reactive ketones (excluding diaryl/α,β-unsaturated/α-hetero) is 1. The molecule has 0 spiro atoms. The number of ether oxygens (including phenoxy) is 2. The third kappa shape index (κ3) is 5.10.